The van der Waals surface area contributed by atoms with Crippen molar-refractivity contribution in [3.63, 3.8) is 0 Å². The summed E-state index contributed by atoms with van der Waals surface area (Å²) in [5, 5.41) is 8.93. The largest absolute Gasteiger partial charge is 0.459 e. The SMILES string of the molecule is CC[Si](CC)(CC)Nc1nc(OCc2cccc(C#N)c2)ncc1F. The van der Waals surface area contributed by atoms with Crippen LogP contribution in [0.25, 0.3) is 0 Å². The van der Waals surface area contributed by atoms with Gasteiger partial charge in [0.25, 0.3) is 0 Å². The second kappa shape index (κ2) is 8.58. The number of hydrogen-bond acceptors (Lipinski definition) is 5. The minimum absolute atomic E-state index is 0.123. The topological polar surface area (TPSA) is 70.8 Å². The first-order valence-electron chi connectivity index (χ1n) is 8.48. The van der Waals surface area contributed by atoms with Gasteiger partial charge in [0.15, 0.2) is 19.9 Å². The van der Waals surface area contributed by atoms with Gasteiger partial charge in [-0.05, 0) is 35.8 Å². The lowest BCUT2D eigenvalue weighted by atomic mass is 10.1. The van der Waals surface area contributed by atoms with E-state index in [9.17, 15) is 4.39 Å². The molecule has 5 nitrogen and oxygen atoms in total. The fourth-order valence-electron chi connectivity index (χ4n) is 2.65. The number of anilines is 1. The molecular formula is C18H23FN4OSi. The molecule has 0 fully saturated rings. The zero-order valence-corrected chi connectivity index (χ0v) is 15.8. The highest BCUT2D eigenvalue weighted by Crippen LogP contribution is 2.24. The monoisotopic (exact) mass is 358 g/mol. The van der Waals surface area contributed by atoms with Gasteiger partial charge in [0.2, 0.25) is 0 Å². The molecule has 1 aromatic carbocycles. The Balaban J connectivity index is 2.14. The van der Waals surface area contributed by atoms with Crippen LogP contribution >= 0.6 is 0 Å². The minimum Gasteiger partial charge on any atom is -0.459 e. The first-order chi connectivity index (χ1) is 12.1. The van der Waals surface area contributed by atoms with Gasteiger partial charge >= 0.3 is 6.01 Å². The fourth-order valence-corrected chi connectivity index (χ4v) is 5.36. The lowest BCUT2D eigenvalue weighted by Gasteiger charge is -2.29. The summed E-state index contributed by atoms with van der Waals surface area (Å²) in [6.07, 6.45) is 1.14. The number of halogens is 1. The van der Waals surface area contributed by atoms with E-state index in [1.807, 2.05) is 6.07 Å². The Bertz CT molecular complexity index is 751. The van der Waals surface area contributed by atoms with Crippen LogP contribution in [0.3, 0.4) is 0 Å². The molecule has 0 aliphatic heterocycles. The van der Waals surface area contributed by atoms with Crippen LogP contribution in [0.1, 0.15) is 31.9 Å². The normalized spacial score (nSPS) is 11.0. The highest BCUT2D eigenvalue weighted by atomic mass is 28.3. The van der Waals surface area contributed by atoms with Crippen molar-refractivity contribution in [2.24, 2.45) is 0 Å². The van der Waals surface area contributed by atoms with Crippen molar-refractivity contribution in [2.75, 3.05) is 4.98 Å². The Labute approximate surface area is 149 Å². The molecule has 0 atom stereocenters. The number of nitrogens with zero attached hydrogens (tertiary/aromatic N) is 3. The molecule has 132 valence electrons. The van der Waals surface area contributed by atoms with E-state index in [-0.39, 0.29) is 18.4 Å². The van der Waals surface area contributed by atoms with Crippen LogP contribution in [0.5, 0.6) is 6.01 Å². The molecule has 0 saturated heterocycles. The summed E-state index contributed by atoms with van der Waals surface area (Å²) in [7, 11) is -1.78. The van der Waals surface area contributed by atoms with Gasteiger partial charge in [-0.2, -0.15) is 10.2 Å². The molecule has 1 aromatic heterocycles. The van der Waals surface area contributed by atoms with Crippen LogP contribution in [0.4, 0.5) is 10.2 Å². The zero-order chi connectivity index (χ0) is 18.3. The predicted molar refractivity (Wildman–Crippen MR) is 98.3 cm³/mol. The van der Waals surface area contributed by atoms with E-state index < -0.39 is 14.1 Å². The third-order valence-electron chi connectivity index (χ3n) is 4.56. The molecule has 1 N–H and O–H groups in total. The molecule has 0 radical (unpaired) electrons. The van der Waals surface area contributed by atoms with Crippen molar-refractivity contribution in [3.8, 4) is 12.1 Å². The highest BCUT2D eigenvalue weighted by Gasteiger charge is 2.29. The van der Waals surface area contributed by atoms with Crippen molar-refractivity contribution in [3.05, 3.63) is 47.4 Å². The number of aromatic nitrogens is 2. The number of rotatable bonds is 8. The van der Waals surface area contributed by atoms with E-state index in [2.05, 4.69) is 41.8 Å². The van der Waals surface area contributed by atoms with Crippen molar-refractivity contribution < 1.29 is 9.13 Å². The summed E-state index contributed by atoms with van der Waals surface area (Å²) in [5.74, 6) is -0.251. The zero-order valence-electron chi connectivity index (χ0n) is 14.8. The first kappa shape index (κ1) is 18.9. The van der Waals surface area contributed by atoms with E-state index in [1.54, 1.807) is 18.2 Å². The lowest BCUT2D eigenvalue weighted by Crippen LogP contribution is -2.42. The predicted octanol–water partition coefficient (Wildman–Crippen LogP) is 4.48. The van der Waals surface area contributed by atoms with E-state index >= 15 is 0 Å². The Kier molecular flexibility index (Phi) is 6.48. The standard InChI is InChI=1S/C18H23FN4OSi/c1-4-25(5-2,6-3)23-17-16(19)12-21-18(22-17)24-13-15-9-7-8-14(10-15)11-20/h7-10,12H,4-6,13H2,1-3H3,(H,21,22,23). The fraction of sp³-hybridized carbons (Fsp3) is 0.389. The van der Waals surface area contributed by atoms with Crippen molar-refractivity contribution in [2.45, 2.75) is 45.5 Å². The molecule has 0 amide bonds. The lowest BCUT2D eigenvalue weighted by molar-refractivity contribution is 0.280. The van der Waals surface area contributed by atoms with E-state index in [1.165, 1.54) is 0 Å². The Morgan fingerprint density at radius 2 is 1.96 bits per heavy atom. The molecule has 0 aliphatic rings. The molecule has 1 heterocycles. The third kappa shape index (κ3) is 4.76. The molecular weight excluding hydrogens is 335 g/mol. The van der Waals surface area contributed by atoms with Crippen LogP contribution in [-0.4, -0.2) is 18.2 Å². The molecule has 0 saturated carbocycles. The van der Waals surface area contributed by atoms with Gasteiger partial charge in [-0.25, -0.2) is 9.37 Å². The van der Waals surface area contributed by atoms with E-state index in [4.69, 9.17) is 10.00 Å². The van der Waals surface area contributed by atoms with Gasteiger partial charge < -0.3 is 9.72 Å². The van der Waals surface area contributed by atoms with Gasteiger partial charge in [0.1, 0.15) is 6.61 Å². The van der Waals surface area contributed by atoms with Gasteiger partial charge in [-0.3, -0.25) is 0 Å². The molecule has 25 heavy (non-hydrogen) atoms. The van der Waals surface area contributed by atoms with Crippen LogP contribution in [0, 0.1) is 17.1 Å². The second-order valence-electron chi connectivity index (χ2n) is 5.92. The average Bonchev–Trinajstić information content (AvgIpc) is 2.66. The van der Waals surface area contributed by atoms with Crippen LogP contribution < -0.4 is 9.72 Å². The average molecular weight is 358 g/mol. The minimum atomic E-state index is -1.78. The number of hydrogen-bond donors (Lipinski definition) is 1. The van der Waals surface area contributed by atoms with Gasteiger partial charge in [-0.1, -0.05) is 32.9 Å². The highest BCUT2D eigenvalue weighted by molar-refractivity contribution is 6.82. The summed E-state index contributed by atoms with van der Waals surface area (Å²) in [6, 6.07) is 12.3. The molecule has 7 heteroatoms. The Morgan fingerprint density at radius 1 is 1.24 bits per heavy atom. The van der Waals surface area contributed by atoms with E-state index in [0.29, 0.717) is 5.56 Å². The number of nitriles is 1. The van der Waals surface area contributed by atoms with Crippen molar-refractivity contribution in [1.29, 1.82) is 5.26 Å². The molecule has 0 spiro atoms. The first-order valence-corrected chi connectivity index (χ1v) is 11.1. The molecule has 0 unspecified atom stereocenters. The Hall–Kier alpha value is -2.46. The Morgan fingerprint density at radius 3 is 2.60 bits per heavy atom. The quantitative estimate of drug-likeness (QED) is 0.704. The maximum atomic E-state index is 14.1. The second-order valence-corrected chi connectivity index (χ2v) is 10.8. The smallest absolute Gasteiger partial charge is 0.318 e. The summed E-state index contributed by atoms with van der Waals surface area (Å²) < 4.78 is 19.7. The van der Waals surface area contributed by atoms with Gasteiger partial charge in [0.05, 0.1) is 17.8 Å². The number of ether oxygens (including phenoxy) is 1. The van der Waals surface area contributed by atoms with Crippen LogP contribution in [0.15, 0.2) is 30.5 Å². The number of nitrogens with one attached hydrogen (secondary N) is 1. The van der Waals surface area contributed by atoms with Crippen molar-refractivity contribution >= 4 is 14.1 Å². The summed E-state index contributed by atoms with van der Waals surface area (Å²) in [5.41, 5.74) is 1.40. The molecule has 2 aromatic rings. The van der Waals surface area contributed by atoms with Gasteiger partial charge in [-0.15, -0.1) is 0 Å². The van der Waals surface area contributed by atoms with Crippen LogP contribution in [0.2, 0.25) is 18.1 Å². The van der Waals surface area contributed by atoms with Crippen molar-refractivity contribution in [1.82, 2.24) is 9.97 Å². The van der Waals surface area contributed by atoms with Gasteiger partial charge in [0, 0.05) is 0 Å². The molecule has 0 bridgehead atoms. The number of benzene rings is 1. The molecule has 2 rings (SSSR count). The maximum absolute atomic E-state index is 14.1. The maximum Gasteiger partial charge on any atom is 0.318 e. The van der Waals surface area contributed by atoms with E-state index in [0.717, 1.165) is 29.9 Å². The third-order valence-corrected chi connectivity index (χ3v) is 9.39. The summed E-state index contributed by atoms with van der Waals surface area (Å²) in [6.45, 7) is 6.61. The summed E-state index contributed by atoms with van der Waals surface area (Å²) in [4.78, 5) is 11.5. The molecule has 0 aliphatic carbocycles. The van der Waals surface area contributed by atoms with Crippen LogP contribution in [-0.2, 0) is 6.61 Å². The summed E-state index contributed by atoms with van der Waals surface area (Å²) >= 11 is 0.